The van der Waals surface area contributed by atoms with Crippen LogP contribution in [0.1, 0.15) is 13.3 Å². The lowest BCUT2D eigenvalue weighted by atomic mass is 10.3. The molecule has 2 aliphatic rings. The predicted octanol–water partition coefficient (Wildman–Crippen LogP) is 0.990. The van der Waals surface area contributed by atoms with Crippen LogP contribution in [0.25, 0.3) is 0 Å². The molecule has 8 heteroatoms. The van der Waals surface area contributed by atoms with Crippen molar-refractivity contribution in [2.45, 2.75) is 31.1 Å². The van der Waals surface area contributed by atoms with Gasteiger partial charge in [-0.15, -0.1) is 10.2 Å². The smallest absolute Gasteiger partial charge is 0.228 e. The van der Waals surface area contributed by atoms with E-state index < -0.39 is 0 Å². The highest BCUT2D eigenvalue weighted by atomic mass is 32.2. The second kappa shape index (κ2) is 7.44. The van der Waals surface area contributed by atoms with Gasteiger partial charge in [0, 0.05) is 25.4 Å². The SMILES string of the molecule is CCn1c(SC[C@H]2CCOCO2)nnc1N1CCOCC1. The third-order valence-corrected chi connectivity index (χ3v) is 4.78. The summed E-state index contributed by atoms with van der Waals surface area (Å²) in [4.78, 5) is 2.25. The van der Waals surface area contributed by atoms with Crippen LogP contribution in [0.5, 0.6) is 0 Å². The van der Waals surface area contributed by atoms with Crippen molar-refractivity contribution in [3.05, 3.63) is 0 Å². The molecule has 3 rings (SSSR count). The molecule has 7 nitrogen and oxygen atoms in total. The van der Waals surface area contributed by atoms with Crippen molar-refractivity contribution in [3.8, 4) is 0 Å². The lowest BCUT2D eigenvalue weighted by molar-refractivity contribution is -0.130. The summed E-state index contributed by atoms with van der Waals surface area (Å²) in [6, 6.07) is 0. The first-order valence-corrected chi connectivity index (χ1v) is 8.45. The number of hydrogen-bond acceptors (Lipinski definition) is 7. The standard InChI is InChI=1S/C13H22N4O3S/c1-2-17-12(16-4-7-18-8-5-16)14-15-13(17)21-9-11-3-6-19-10-20-11/h11H,2-10H2,1H3/t11-/m1/s1. The fourth-order valence-corrected chi connectivity index (χ4v) is 3.53. The minimum Gasteiger partial charge on any atom is -0.378 e. The average molecular weight is 314 g/mol. The summed E-state index contributed by atoms with van der Waals surface area (Å²) in [5.74, 6) is 1.85. The summed E-state index contributed by atoms with van der Waals surface area (Å²) in [5, 5.41) is 9.69. The van der Waals surface area contributed by atoms with E-state index in [1.165, 1.54) is 0 Å². The predicted molar refractivity (Wildman–Crippen MR) is 79.8 cm³/mol. The maximum absolute atomic E-state index is 5.57. The lowest BCUT2D eigenvalue weighted by Gasteiger charge is -2.27. The number of morpholine rings is 1. The van der Waals surface area contributed by atoms with Crippen molar-refractivity contribution in [2.24, 2.45) is 0 Å². The van der Waals surface area contributed by atoms with Crippen molar-refractivity contribution < 1.29 is 14.2 Å². The van der Waals surface area contributed by atoms with Gasteiger partial charge in [-0.25, -0.2) is 0 Å². The van der Waals surface area contributed by atoms with Gasteiger partial charge in [-0.2, -0.15) is 0 Å². The third-order valence-electron chi connectivity index (χ3n) is 3.68. The molecule has 0 aromatic carbocycles. The highest BCUT2D eigenvalue weighted by Crippen LogP contribution is 2.24. The van der Waals surface area contributed by atoms with Crippen LogP contribution in [0, 0.1) is 0 Å². The van der Waals surface area contributed by atoms with Crippen LogP contribution >= 0.6 is 11.8 Å². The molecule has 1 atom stereocenters. The van der Waals surface area contributed by atoms with Gasteiger partial charge in [-0.3, -0.25) is 4.57 Å². The van der Waals surface area contributed by atoms with E-state index in [0.717, 1.165) is 62.7 Å². The number of rotatable bonds is 5. The lowest BCUT2D eigenvalue weighted by Crippen LogP contribution is -2.38. The van der Waals surface area contributed by atoms with Crippen LogP contribution in [-0.2, 0) is 20.8 Å². The highest BCUT2D eigenvalue weighted by Gasteiger charge is 2.21. The summed E-state index contributed by atoms with van der Waals surface area (Å²) < 4.78 is 18.3. The number of aromatic nitrogens is 3. The fraction of sp³-hybridized carbons (Fsp3) is 0.846. The zero-order valence-electron chi connectivity index (χ0n) is 12.4. The molecule has 0 radical (unpaired) electrons. The summed E-state index contributed by atoms with van der Waals surface area (Å²) in [6.07, 6.45) is 1.20. The molecule has 2 aliphatic heterocycles. The van der Waals surface area contributed by atoms with Crippen LogP contribution in [0.2, 0.25) is 0 Å². The molecule has 118 valence electrons. The zero-order valence-corrected chi connectivity index (χ0v) is 13.2. The Morgan fingerprint density at radius 1 is 1.19 bits per heavy atom. The van der Waals surface area contributed by atoms with Gasteiger partial charge in [0.15, 0.2) is 5.16 Å². The van der Waals surface area contributed by atoms with E-state index in [9.17, 15) is 0 Å². The number of ether oxygens (including phenoxy) is 3. The Labute approximate surface area is 128 Å². The van der Waals surface area contributed by atoms with Gasteiger partial charge in [0.25, 0.3) is 0 Å². The first-order chi connectivity index (χ1) is 10.4. The number of hydrogen-bond donors (Lipinski definition) is 0. The molecular formula is C13H22N4O3S. The Balaban J connectivity index is 1.63. The molecule has 0 N–H and O–H groups in total. The van der Waals surface area contributed by atoms with E-state index in [2.05, 4.69) is 26.6 Å². The number of thioether (sulfide) groups is 1. The Morgan fingerprint density at radius 2 is 2.05 bits per heavy atom. The molecule has 0 amide bonds. The maximum Gasteiger partial charge on any atom is 0.228 e. The summed E-state index contributed by atoms with van der Waals surface area (Å²) >= 11 is 1.71. The van der Waals surface area contributed by atoms with E-state index >= 15 is 0 Å². The van der Waals surface area contributed by atoms with E-state index in [0.29, 0.717) is 6.79 Å². The first-order valence-electron chi connectivity index (χ1n) is 7.46. The van der Waals surface area contributed by atoms with Crippen LogP contribution in [-0.4, -0.2) is 66.3 Å². The van der Waals surface area contributed by atoms with Gasteiger partial charge >= 0.3 is 0 Å². The van der Waals surface area contributed by atoms with Crippen molar-refractivity contribution in [3.63, 3.8) is 0 Å². The normalized spacial score (nSPS) is 23.5. The van der Waals surface area contributed by atoms with Gasteiger partial charge in [-0.1, -0.05) is 11.8 Å². The fourth-order valence-electron chi connectivity index (χ4n) is 2.46. The van der Waals surface area contributed by atoms with Crippen molar-refractivity contribution in [1.29, 1.82) is 0 Å². The van der Waals surface area contributed by atoms with Gasteiger partial charge in [0.1, 0.15) is 6.79 Å². The molecule has 0 bridgehead atoms. The number of nitrogens with zero attached hydrogens (tertiary/aromatic N) is 4. The monoisotopic (exact) mass is 314 g/mol. The first kappa shape index (κ1) is 15.1. The molecule has 1 aromatic rings. The highest BCUT2D eigenvalue weighted by molar-refractivity contribution is 7.99. The van der Waals surface area contributed by atoms with Crippen LogP contribution in [0.4, 0.5) is 5.95 Å². The summed E-state index contributed by atoms with van der Waals surface area (Å²) in [6.45, 7) is 7.47. The van der Waals surface area contributed by atoms with Crippen molar-refractivity contribution in [1.82, 2.24) is 14.8 Å². The molecule has 3 heterocycles. The molecule has 0 aliphatic carbocycles. The Hall–Kier alpha value is -0.830. The second-order valence-electron chi connectivity index (χ2n) is 5.04. The number of anilines is 1. The zero-order chi connectivity index (χ0) is 14.5. The van der Waals surface area contributed by atoms with E-state index in [4.69, 9.17) is 14.2 Å². The van der Waals surface area contributed by atoms with Gasteiger partial charge in [0.2, 0.25) is 5.95 Å². The average Bonchev–Trinajstić information content (AvgIpc) is 2.97. The summed E-state index contributed by atoms with van der Waals surface area (Å²) in [7, 11) is 0. The van der Waals surface area contributed by atoms with Gasteiger partial charge < -0.3 is 19.1 Å². The molecule has 0 spiro atoms. The minimum atomic E-state index is 0.248. The molecular weight excluding hydrogens is 292 g/mol. The summed E-state index contributed by atoms with van der Waals surface area (Å²) in [5.41, 5.74) is 0. The van der Waals surface area contributed by atoms with E-state index in [-0.39, 0.29) is 6.10 Å². The quantitative estimate of drug-likeness (QED) is 0.751. The van der Waals surface area contributed by atoms with Gasteiger partial charge in [-0.05, 0) is 13.3 Å². The molecule has 1 aromatic heterocycles. The van der Waals surface area contributed by atoms with E-state index in [1.807, 2.05) is 0 Å². The van der Waals surface area contributed by atoms with Crippen molar-refractivity contribution in [2.75, 3.05) is 50.4 Å². The minimum absolute atomic E-state index is 0.248. The van der Waals surface area contributed by atoms with Crippen LogP contribution in [0.3, 0.4) is 0 Å². The molecule has 2 saturated heterocycles. The van der Waals surface area contributed by atoms with E-state index in [1.54, 1.807) is 11.8 Å². The Bertz CT molecular complexity index is 445. The Morgan fingerprint density at radius 3 is 2.76 bits per heavy atom. The Kier molecular flexibility index (Phi) is 5.34. The third kappa shape index (κ3) is 3.68. The molecule has 0 saturated carbocycles. The van der Waals surface area contributed by atoms with Gasteiger partial charge in [0.05, 0.1) is 25.9 Å². The molecule has 0 unspecified atom stereocenters. The van der Waals surface area contributed by atoms with Crippen LogP contribution in [0.15, 0.2) is 5.16 Å². The molecule has 2 fully saturated rings. The largest absolute Gasteiger partial charge is 0.378 e. The van der Waals surface area contributed by atoms with Crippen molar-refractivity contribution >= 4 is 17.7 Å². The second-order valence-corrected chi connectivity index (χ2v) is 6.03. The van der Waals surface area contributed by atoms with Crippen LogP contribution < -0.4 is 4.90 Å². The maximum atomic E-state index is 5.57. The topological polar surface area (TPSA) is 61.6 Å². The molecule has 21 heavy (non-hydrogen) atoms.